The van der Waals surface area contributed by atoms with Gasteiger partial charge in [0.25, 0.3) is 0 Å². The molecule has 0 bridgehead atoms. The van der Waals surface area contributed by atoms with Crippen LogP contribution in [0.15, 0.2) is 127 Å². The molecule has 4 aromatic carbocycles. The highest BCUT2D eigenvalue weighted by Gasteiger charge is 2.20. The van der Waals surface area contributed by atoms with Crippen molar-refractivity contribution in [2.75, 3.05) is 5.75 Å². The van der Waals surface area contributed by atoms with E-state index in [1.165, 1.54) is 11.8 Å². The first-order valence-electron chi connectivity index (χ1n) is 13.1. The van der Waals surface area contributed by atoms with E-state index in [0.29, 0.717) is 34.5 Å². The quantitative estimate of drug-likeness (QED) is 0.140. The fourth-order valence-electron chi connectivity index (χ4n) is 4.34. The summed E-state index contributed by atoms with van der Waals surface area (Å²) in [6.45, 7) is 0.786. The molecule has 0 aliphatic rings. The van der Waals surface area contributed by atoms with Crippen molar-refractivity contribution in [3.8, 4) is 22.8 Å². The van der Waals surface area contributed by atoms with Gasteiger partial charge in [-0.1, -0.05) is 108 Å². The molecule has 0 aliphatic carbocycles. The van der Waals surface area contributed by atoms with Crippen LogP contribution >= 0.6 is 11.8 Å². The second kappa shape index (κ2) is 12.4. The van der Waals surface area contributed by atoms with Crippen molar-refractivity contribution in [2.45, 2.75) is 18.3 Å². The Balaban J connectivity index is 1.26. The third-order valence-electron chi connectivity index (χ3n) is 6.39. The number of aromatic nitrogens is 6. The topological polar surface area (TPSA) is 87.7 Å². The number of hydrogen-bond donors (Lipinski definition) is 0. The molecule has 0 radical (unpaired) electrons. The summed E-state index contributed by atoms with van der Waals surface area (Å²) in [5, 5.41) is 18.2. The van der Waals surface area contributed by atoms with Crippen LogP contribution in [0.4, 0.5) is 0 Å². The van der Waals surface area contributed by atoms with E-state index in [1.54, 1.807) is 4.68 Å². The monoisotopic (exact) mass is 558 g/mol. The SMILES string of the molecule is O=C(CSc1nnc(-c2ccccc2OCc2cn(-c3ccccc3)nn2)n1Cc1ccccc1)c1ccccc1. The Labute approximate surface area is 241 Å². The molecule has 41 heavy (non-hydrogen) atoms. The molecule has 9 heteroatoms. The second-order valence-corrected chi connectivity index (χ2v) is 10.2. The third-order valence-corrected chi connectivity index (χ3v) is 7.36. The van der Waals surface area contributed by atoms with E-state index in [1.807, 2.05) is 114 Å². The molecule has 0 aliphatic heterocycles. The molecular weight excluding hydrogens is 532 g/mol. The third kappa shape index (κ3) is 6.26. The van der Waals surface area contributed by atoms with Crippen LogP contribution in [0.1, 0.15) is 21.6 Å². The number of thioether (sulfide) groups is 1. The van der Waals surface area contributed by atoms with Crippen LogP contribution in [-0.2, 0) is 13.2 Å². The summed E-state index contributed by atoms with van der Waals surface area (Å²) < 4.78 is 10.00. The van der Waals surface area contributed by atoms with Crippen molar-refractivity contribution in [1.82, 2.24) is 29.8 Å². The van der Waals surface area contributed by atoms with E-state index in [0.717, 1.165) is 16.8 Å². The maximum atomic E-state index is 12.8. The molecule has 0 spiro atoms. The minimum absolute atomic E-state index is 0.0405. The van der Waals surface area contributed by atoms with Gasteiger partial charge < -0.3 is 4.74 Å². The predicted molar refractivity (Wildman–Crippen MR) is 158 cm³/mol. The summed E-state index contributed by atoms with van der Waals surface area (Å²) in [5.41, 5.74) is 4.20. The van der Waals surface area contributed by atoms with Gasteiger partial charge in [-0.25, -0.2) is 4.68 Å². The smallest absolute Gasteiger partial charge is 0.192 e. The first kappa shape index (κ1) is 26.2. The Morgan fingerprint density at radius 3 is 2.22 bits per heavy atom. The molecule has 0 saturated heterocycles. The van der Waals surface area contributed by atoms with Gasteiger partial charge >= 0.3 is 0 Å². The Morgan fingerprint density at radius 1 is 0.756 bits per heavy atom. The summed E-state index contributed by atoms with van der Waals surface area (Å²) in [5.74, 6) is 1.61. The highest BCUT2D eigenvalue weighted by Crippen LogP contribution is 2.32. The zero-order valence-electron chi connectivity index (χ0n) is 22.1. The first-order chi connectivity index (χ1) is 20.2. The molecule has 0 N–H and O–H groups in total. The van der Waals surface area contributed by atoms with Crippen molar-refractivity contribution in [1.29, 1.82) is 0 Å². The van der Waals surface area contributed by atoms with Gasteiger partial charge in [-0.15, -0.1) is 15.3 Å². The lowest BCUT2D eigenvalue weighted by Crippen LogP contribution is -2.07. The molecule has 202 valence electrons. The number of nitrogens with zero attached hydrogens (tertiary/aromatic N) is 6. The summed E-state index contributed by atoms with van der Waals surface area (Å²) in [7, 11) is 0. The van der Waals surface area contributed by atoms with E-state index in [4.69, 9.17) is 4.74 Å². The van der Waals surface area contributed by atoms with Crippen LogP contribution in [0.2, 0.25) is 0 Å². The standard InChI is InChI=1S/C32H26N6O2S/c39-29(25-14-6-2-7-15-25)23-41-32-35-34-31(37(32)20-24-12-4-1-5-13-24)28-18-10-11-19-30(28)40-22-26-21-38(36-33-26)27-16-8-3-9-17-27/h1-19,21H,20,22-23H2. The second-order valence-electron chi connectivity index (χ2n) is 9.23. The lowest BCUT2D eigenvalue weighted by Gasteiger charge is -2.13. The van der Waals surface area contributed by atoms with Crippen molar-refractivity contribution < 1.29 is 9.53 Å². The summed E-state index contributed by atoms with van der Waals surface area (Å²) in [4.78, 5) is 12.8. The van der Waals surface area contributed by atoms with Crippen molar-refractivity contribution in [3.05, 3.63) is 138 Å². The molecule has 6 rings (SSSR count). The number of Topliss-reactive ketones (excluding diaryl/α,β-unsaturated/α-hetero) is 1. The average Bonchev–Trinajstić information content (AvgIpc) is 3.68. The van der Waals surface area contributed by atoms with Crippen LogP contribution in [0, 0.1) is 0 Å². The van der Waals surface area contributed by atoms with Crippen LogP contribution in [-0.4, -0.2) is 41.3 Å². The minimum atomic E-state index is 0.0405. The van der Waals surface area contributed by atoms with Crippen molar-refractivity contribution >= 4 is 17.5 Å². The number of carbonyl (C=O) groups excluding carboxylic acids is 1. The Hall–Kier alpha value is -5.02. The van der Waals surface area contributed by atoms with E-state index in [9.17, 15) is 4.79 Å². The van der Waals surface area contributed by atoms with Gasteiger partial charge in [-0.05, 0) is 29.8 Å². The van der Waals surface area contributed by atoms with E-state index in [2.05, 4.69) is 32.6 Å². The number of rotatable bonds is 11. The normalized spacial score (nSPS) is 10.9. The predicted octanol–water partition coefficient (Wildman–Crippen LogP) is 6.13. The highest BCUT2D eigenvalue weighted by atomic mass is 32.2. The molecule has 8 nitrogen and oxygen atoms in total. The minimum Gasteiger partial charge on any atom is -0.486 e. The van der Waals surface area contributed by atoms with Crippen LogP contribution < -0.4 is 4.74 Å². The van der Waals surface area contributed by atoms with Crippen LogP contribution in [0.5, 0.6) is 5.75 Å². The largest absolute Gasteiger partial charge is 0.486 e. The summed E-state index contributed by atoms with van der Waals surface area (Å²) in [6, 6.07) is 37.0. The Kier molecular flexibility index (Phi) is 7.95. The van der Waals surface area contributed by atoms with Gasteiger partial charge in [0.2, 0.25) is 0 Å². The molecule has 0 atom stereocenters. The fourth-order valence-corrected chi connectivity index (χ4v) is 5.17. The van der Waals surface area contributed by atoms with Gasteiger partial charge in [0.1, 0.15) is 18.1 Å². The maximum absolute atomic E-state index is 12.8. The fraction of sp³-hybridized carbons (Fsp3) is 0.0938. The average molecular weight is 559 g/mol. The summed E-state index contributed by atoms with van der Waals surface area (Å²) in [6.07, 6.45) is 1.86. The lowest BCUT2D eigenvalue weighted by atomic mass is 10.1. The van der Waals surface area contributed by atoms with Crippen LogP contribution in [0.3, 0.4) is 0 Å². The van der Waals surface area contributed by atoms with Gasteiger partial charge in [-0.3, -0.25) is 9.36 Å². The van der Waals surface area contributed by atoms with Crippen LogP contribution in [0.25, 0.3) is 17.1 Å². The van der Waals surface area contributed by atoms with Gasteiger partial charge in [0, 0.05) is 5.56 Å². The molecule has 0 amide bonds. The number of benzene rings is 4. The van der Waals surface area contributed by atoms with E-state index in [-0.39, 0.29) is 18.1 Å². The summed E-state index contributed by atoms with van der Waals surface area (Å²) >= 11 is 1.38. The number of hydrogen-bond acceptors (Lipinski definition) is 7. The number of ether oxygens (including phenoxy) is 1. The molecule has 0 fully saturated rings. The molecule has 2 heterocycles. The molecule has 2 aromatic heterocycles. The van der Waals surface area contributed by atoms with Gasteiger partial charge in [0.15, 0.2) is 16.8 Å². The number of ketones is 1. The zero-order valence-corrected chi connectivity index (χ0v) is 22.9. The molecule has 0 unspecified atom stereocenters. The van der Waals surface area contributed by atoms with Crippen molar-refractivity contribution in [2.24, 2.45) is 0 Å². The first-order valence-corrected chi connectivity index (χ1v) is 14.1. The zero-order chi connectivity index (χ0) is 27.9. The maximum Gasteiger partial charge on any atom is 0.192 e. The molecular formula is C32H26N6O2S. The molecule has 6 aromatic rings. The Bertz CT molecular complexity index is 1740. The van der Waals surface area contributed by atoms with Gasteiger partial charge in [0.05, 0.1) is 29.7 Å². The van der Waals surface area contributed by atoms with E-state index < -0.39 is 0 Å². The highest BCUT2D eigenvalue weighted by molar-refractivity contribution is 7.99. The Morgan fingerprint density at radius 2 is 1.44 bits per heavy atom. The number of carbonyl (C=O) groups is 1. The van der Waals surface area contributed by atoms with Crippen molar-refractivity contribution in [3.63, 3.8) is 0 Å². The lowest BCUT2D eigenvalue weighted by molar-refractivity contribution is 0.102. The van der Waals surface area contributed by atoms with Gasteiger partial charge in [-0.2, -0.15) is 0 Å². The van der Waals surface area contributed by atoms with E-state index >= 15 is 0 Å². The number of para-hydroxylation sites is 2. The molecule has 0 saturated carbocycles.